The first-order valence-electron chi connectivity index (χ1n) is 6.62. The monoisotopic (exact) mass is 296 g/mol. The predicted octanol–water partition coefficient (Wildman–Crippen LogP) is 2.51. The van der Waals surface area contributed by atoms with Gasteiger partial charge in [-0.25, -0.2) is 9.97 Å². The highest BCUT2D eigenvalue weighted by Crippen LogP contribution is 2.31. The highest BCUT2D eigenvalue weighted by molar-refractivity contribution is 7.99. The van der Waals surface area contributed by atoms with Crippen LogP contribution in [0.4, 0.5) is 5.95 Å². The largest absolute Gasteiger partial charge is 0.388 e. The molecule has 1 aromatic heterocycles. The summed E-state index contributed by atoms with van der Waals surface area (Å²) in [6, 6.07) is 2.28. The second-order valence-electron chi connectivity index (χ2n) is 4.81. The molecule has 0 spiro atoms. The first kappa shape index (κ1) is 14.5. The summed E-state index contributed by atoms with van der Waals surface area (Å²) < 4.78 is 0. The molecule has 1 aliphatic carbocycles. The fourth-order valence-electron chi connectivity index (χ4n) is 2.40. The van der Waals surface area contributed by atoms with Crippen molar-refractivity contribution >= 4 is 34.9 Å². The Labute approximate surface area is 124 Å². The molecule has 104 valence electrons. The summed E-state index contributed by atoms with van der Waals surface area (Å²) in [6.07, 6.45) is 3.62. The highest BCUT2D eigenvalue weighted by atomic mass is 32.2. The molecule has 1 aliphatic rings. The van der Waals surface area contributed by atoms with Gasteiger partial charge in [0.25, 0.3) is 0 Å². The van der Waals surface area contributed by atoms with Gasteiger partial charge in [-0.1, -0.05) is 19.1 Å². The van der Waals surface area contributed by atoms with E-state index in [1.165, 1.54) is 25.0 Å². The number of nitrogens with zero attached hydrogens (tertiary/aromatic N) is 2. The SMILES string of the molecule is CCSC1CCC(Nc2nc(C)cc(C(N)=S)n2)C1. The number of rotatable bonds is 5. The third-order valence-corrected chi connectivity index (χ3v) is 4.67. The fourth-order valence-corrected chi connectivity index (χ4v) is 3.65. The molecular weight excluding hydrogens is 276 g/mol. The van der Waals surface area contributed by atoms with Crippen LogP contribution in [0, 0.1) is 6.92 Å². The van der Waals surface area contributed by atoms with Gasteiger partial charge in [0.15, 0.2) is 0 Å². The Balaban J connectivity index is 2.01. The van der Waals surface area contributed by atoms with Crippen LogP contribution in [-0.4, -0.2) is 32.0 Å². The molecule has 1 saturated carbocycles. The van der Waals surface area contributed by atoms with E-state index in [1.807, 2.05) is 24.8 Å². The van der Waals surface area contributed by atoms with Crippen molar-refractivity contribution in [1.82, 2.24) is 9.97 Å². The normalized spacial score (nSPS) is 22.4. The Morgan fingerprint density at radius 3 is 3.00 bits per heavy atom. The number of aryl methyl sites for hydroxylation is 1. The van der Waals surface area contributed by atoms with Crippen molar-refractivity contribution in [1.29, 1.82) is 0 Å². The number of aromatic nitrogens is 2. The number of thiocarbonyl (C=S) groups is 1. The molecule has 0 amide bonds. The quantitative estimate of drug-likeness (QED) is 0.814. The Hall–Kier alpha value is -0.880. The van der Waals surface area contributed by atoms with Crippen molar-refractivity contribution in [2.45, 2.75) is 44.4 Å². The lowest BCUT2D eigenvalue weighted by Gasteiger charge is -2.14. The average Bonchev–Trinajstić information content (AvgIpc) is 2.76. The molecular formula is C13H20N4S2. The van der Waals surface area contributed by atoms with E-state index in [2.05, 4.69) is 22.2 Å². The molecule has 0 saturated heterocycles. The molecule has 1 aromatic rings. The standard InChI is InChI=1S/C13H20N4S2/c1-3-19-10-5-4-9(7-10)16-13-15-8(2)6-11(17-13)12(14)18/h6,9-10H,3-5,7H2,1-2H3,(H2,14,18)(H,15,16,17). The molecule has 3 N–H and O–H groups in total. The van der Waals surface area contributed by atoms with Gasteiger partial charge in [-0.15, -0.1) is 0 Å². The van der Waals surface area contributed by atoms with Crippen molar-refractivity contribution in [2.75, 3.05) is 11.1 Å². The maximum absolute atomic E-state index is 5.63. The van der Waals surface area contributed by atoms with Crippen LogP contribution in [0.5, 0.6) is 0 Å². The number of nitrogens with one attached hydrogen (secondary N) is 1. The number of hydrogen-bond acceptors (Lipinski definition) is 5. The Bertz CT molecular complexity index is 464. The summed E-state index contributed by atoms with van der Waals surface area (Å²) in [5, 5.41) is 4.18. The highest BCUT2D eigenvalue weighted by Gasteiger charge is 2.25. The molecule has 0 bridgehead atoms. The number of nitrogens with two attached hydrogens (primary N) is 1. The van der Waals surface area contributed by atoms with Crippen LogP contribution in [0.15, 0.2) is 6.07 Å². The van der Waals surface area contributed by atoms with Gasteiger partial charge < -0.3 is 11.1 Å². The summed E-state index contributed by atoms with van der Waals surface area (Å²) in [5.74, 6) is 1.83. The molecule has 4 nitrogen and oxygen atoms in total. The van der Waals surface area contributed by atoms with Gasteiger partial charge in [-0.05, 0) is 38.0 Å². The van der Waals surface area contributed by atoms with Crippen LogP contribution in [0.1, 0.15) is 37.6 Å². The Kier molecular flexibility index (Phi) is 4.99. The maximum Gasteiger partial charge on any atom is 0.223 e. The lowest BCUT2D eigenvalue weighted by molar-refractivity contribution is 0.744. The molecule has 0 radical (unpaired) electrons. The summed E-state index contributed by atoms with van der Waals surface area (Å²) in [6.45, 7) is 4.14. The first-order chi connectivity index (χ1) is 9.08. The molecule has 2 rings (SSSR count). The van der Waals surface area contributed by atoms with Crippen molar-refractivity contribution in [2.24, 2.45) is 5.73 Å². The van der Waals surface area contributed by atoms with E-state index < -0.39 is 0 Å². The zero-order valence-corrected chi connectivity index (χ0v) is 13.0. The summed E-state index contributed by atoms with van der Waals surface area (Å²) in [4.78, 5) is 9.10. The molecule has 6 heteroatoms. The lowest BCUT2D eigenvalue weighted by Crippen LogP contribution is -2.20. The van der Waals surface area contributed by atoms with E-state index in [0.717, 1.165) is 10.9 Å². The number of hydrogen-bond donors (Lipinski definition) is 2. The van der Waals surface area contributed by atoms with E-state index in [9.17, 15) is 0 Å². The summed E-state index contributed by atoms with van der Waals surface area (Å²) >= 11 is 7.02. The average molecular weight is 296 g/mol. The van der Waals surface area contributed by atoms with Crippen molar-refractivity contribution in [3.63, 3.8) is 0 Å². The van der Waals surface area contributed by atoms with E-state index >= 15 is 0 Å². The van der Waals surface area contributed by atoms with Gasteiger partial charge >= 0.3 is 0 Å². The van der Waals surface area contributed by atoms with E-state index in [0.29, 0.717) is 22.7 Å². The minimum atomic E-state index is 0.319. The van der Waals surface area contributed by atoms with Crippen molar-refractivity contribution < 1.29 is 0 Å². The lowest BCUT2D eigenvalue weighted by atomic mass is 10.2. The van der Waals surface area contributed by atoms with Gasteiger partial charge in [0.1, 0.15) is 10.7 Å². The van der Waals surface area contributed by atoms with Crippen LogP contribution < -0.4 is 11.1 Å². The molecule has 19 heavy (non-hydrogen) atoms. The molecule has 0 aliphatic heterocycles. The van der Waals surface area contributed by atoms with E-state index in [1.54, 1.807) is 0 Å². The van der Waals surface area contributed by atoms with Gasteiger partial charge in [0.05, 0.1) is 0 Å². The third kappa shape index (κ3) is 4.04. The fraction of sp³-hybridized carbons (Fsp3) is 0.615. The zero-order chi connectivity index (χ0) is 13.8. The van der Waals surface area contributed by atoms with Gasteiger partial charge in [-0.2, -0.15) is 11.8 Å². The molecule has 1 heterocycles. The van der Waals surface area contributed by atoms with Crippen LogP contribution in [-0.2, 0) is 0 Å². The first-order valence-corrected chi connectivity index (χ1v) is 8.07. The predicted molar refractivity (Wildman–Crippen MR) is 85.8 cm³/mol. The minimum absolute atomic E-state index is 0.319. The van der Waals surface area contributed by atoms with Gasteiger partial charge in [0.2, 0.25) is 5.95 Å². The van der Waals surface area contributed by atoms with E-state index in [4.69, 9.17) is 18.0 Å². The third-order valence-electron chi connectivity index (χ3n) is 3.23. The summed E-state index contributed by atoms with van der Waals surface area (Å²) in [7, 11) is 0. The van der Waals surface area contributed by atoms with Crippen LogP contribution in [0.3, 0.4) is 0 Å². The Morgan fingerprint density at radius 2 is 2.32 bits per heavy atom. The van der Waals surface area contributed by atoms with Gasteiger partial charge in [0, 0.05) is 17.0 Å². The number of thioether (sulfide) groups is 1. The topological polar surface area (TPSA) is 63.8 Å². The second-order valence-corrected chi connectivity index (χ2v) is 6.83. The molecule has 2 atom stereocenters. The van der Waals surface area contributed by atoms with Crippen LogP contribution >= 0.6 is 24.0 Å². The molecule has 1 fully saturated rings. The van der Waals surface area contributed by atoms with Crippen LogP contribution in [0.25, 0.3) is 0 Å². The van der Waals surface area contributed by atoms with Crippen LogP contribution in [0.2, 0.25) is 0 Å². The van der Waals surface area contributed by atoms with Crippen molar-refractivity contribution in [3.05, 3.63) is 17.5 Å². The maximum atomic E-state index is 5.63. The smallest absolute Gasteiger partial charge is 0.223 e. The zero-order valence-electron chi connectivity index (χ0n) is 11.3. The second kappa shape index (κ2) is 6.52. The summed E-state index contributed by atoms with van der Waals surface area (Å²) in [5.41, 5.74) is 7.16. The van der Waals surface area contributed by atoms with Crippen molar-refractivity contribution in [3.8, 4) is 0 Å². The van der Waals surface area contributed by atoms with Gasteiger partial charge in [-0.3, -0.25) is 0 Å². The Morgan fingerprint density at radius 1 is 1.53 bits per heavy atom. The molecule has 2 unspecified atom stereocenters. The number of anilines is 1. The molecule has 0 aromatic carbocycles. The van der Waals surface area contributed by atoms with E-state index in [-0.39, 0.29) is 0 Å². The minimum Gasteiger partial charge on any atom is -0.388 e.